The van der Waals surface area contributed by atoms with Crippen molar-refractivity contribution >= 4 is 5.91 Å². The molecule has 98 valence electrons. The molecule has 2 N–H and O–H groups in total. The van der Waals surface area contributed by atoms with E-state index in [2.05, 4.69) is 11.9 Å². The van der Waals surface area contributed by atoms with E-state index < -0.39 is 0 Å². The number of carbonyl (C=O) groups excluding carboxylic acids is 1. The van der Waals surface area contributed by atoms with Gasteiger partial charge in [-0.05, 0) is 43.9 Å². The summed E-state index contributed by atoms with van der Waals surface area (Å²) < 4.78 is 0. The Morgan fingerprint density at radius 1 is 1.56 bits per heavy atom. The summed E-state index contributed by atoms with van der Waals surface area (Å²) in [7, 11) is 0. The smallest absolute Gasteiger partial charge is 0.272 e. The average Bonchev–Trinajstić information content (AvgIpc) is 2.38. The molecule has 0 aromatic carbocycles. The largest absolute Gasteiger partial charge is 0.337 e. The SMILES string of the molecule is Cc1cccc(C(=O)N2CCC(C)C(CN)C2)n1. The van der Waals surface area contributed by atoms with Crippen LogP contribution in [0.2, 0.25) is 0 Å². The molecular formula is C14H21N3O. The molecule has 1 aliphatic heterocycles. The third kappa shape index (κ3) is 2.70. The van der Waals surface area contributed by atoms with Crippen LogP contribution in [0.25, 0.3) is 0 Å². The molecule has 0 saturated carbocycles. The predicted octanol–water partition coefficient (Wildman–Crippen LogP) is 1.45. The van der Waals surface area contributed by atoms with E-state index in [9.17, 15) is 4.79 Å². The Morgan fingerprint density at radius 2 is 2.33 bits per heavy atom. The highest BCUT2D eigenvalue weighted by atomic mass is 16.2. The number of piperidine rings is 1. The summed E-state index contributed by atoms with van der Waals surface area (Å²) in [6, 6.07) is 5.56. The summed E-state index contributed by atoms with van der Waals surface area (Å²) >= 11 is 0. The number of carbonyl (C=O) groups is 1. The molecule has 0 radical (unpaired) electrons. The highest BCUT2D eigenvalue weighted by Crippen LogP contribution is 2.23. The third-order valence-electron chi connectivity index (χ3n) is 3.81. The van der Waals surface area contributed by atoms with Crippen LogP contribution in [0, 0.1) is 18.8 Å². The lowest BCUT2D eigenvalue weighted by Crippen LogP contribution is -2.45. The molecule has 2 rings (SSSR count). The van der Waals surface area contributed by atoms with E-state index in [4.69, 9.17) is 5.73 Å². The van der Waals surface area contributed by atoms with E-state index in [0.717, 1.165) is 25.2 Å². The monoisotopic (exact) mass is 247 g/mol. The minimum absolute atomic E-state index is 0.0315. The molecule has 18 heavy (non-hydrogen) atoms. The fourth-order valence-electron chi connectivity index (χ4n) is 2.46. The number of aryl methyl sites for hydroxylation is 1. The van der Waals surface area contributed by atoms with Crippen molar-refractivity contribution in [2.75, 3.05) is 19.6 Å². The molecule has 2 atom stereocenters. The fraction of sp³-hybridized carbons (Fsp3) is 0.571. The van der Waals surface area contributed by atoms with Crippen LogP contribution in [-0.4, -0.2) is 35.4 Å². The Morgan fingerprint density at radius 3 is 3.00 bits per heavy atom. The van der Waals surface area contributed by atoms with Crippen LogP contribution in [0.5, 0.6) is 0 Å². The average molecular weight is 247 g/mol. The van der Waals surface area contributed by atoms with Gasteiger partial charge >= 0.3 is 0 Å². The standard InChI is InChI=1S/C14H21N3O/c1-10-6-7-17(9-12(10)8-15)14(18)13-5-3-4-11(2)16-13/h3-5,10,12H,6-9,15H2,1-2H3. The van der Waals surface area contributed by atoms with Crippen molar-refractivity contribution in [3.05, 3.63) is 29.6 Å². The molecule has 0 bridgehead atoms. The number of amides is 1. The van der Waals surface area contributed by atoms with E-state index in [0.29, 0.717) is 24.1 Å². The van der Waals surface area contributed by atoms with Gasteiger partial charge in [0.25, 0.3) is 5.91 Å². The van der Waals surface area contributed by atoms with Gasteiger partial charge in [-0.2, -0.15) is 0 Å². The molecule has 4 heteroatoms. The van der Waals surface area contributed by atoms with Crippen molar-refractivity contribution in [3.8, 4) is 0 Å². The summed E-state index contributed by atoms with van der Waals surface area (Å²) in [5.41, 5.74) is 7.18. The normalized spacial score (nSPS) is 24.1. The van der Waals surface area contributed by atoms with Crippen molar-refractivity contribution in [2.24, 2.45) is 17.6 Å². The Balaban J connectivity index is 2.10. The molecule has 1 amide bonds. The van der Waals surface area contributed by atoms with E-state index >= 15 is 0 Å². The number of nitrogens with zero attached hydrogens (tertiary/aromatic N) is 2. The predicted molar refractivity (Wildman–Crippen MR) is 71.2 cm³/mol. The summed E-state index contributed by atoms with van der Waals surface area (Å²) in [4.78, 5) is 18.5. The topological polar surface area (TPSA) is 59.2 Å². The zero-order chi connectivity index (χ0) is 13.1. The molecular weight excluding hydrogens is 226 g/mol. The summed E-state index contributed by atoms with van der Waals surface area (Å²) in [6.07, 6.45) is 1.03. The third-order valence-corrected chi connectivity index (χ3v) is 3.81. The number of nitrogens with two attached hydrogens (primary N) is 1. The van der Waals surface area contributed by atoms with Gasteiger partial charge in [-0.25, -0.2) is 4.98 Å². The van der Waals surface area contributed by atoms with E-state index in [1.165, 1.54) is 0 Å². The summed E-state index contributed by atoms with van der Waals surface area (Å²) in [5.74, 6) is 1.04. The highest BCUT2D eigenvalue weighted by Gasteiger charge is 2.28. The molecule has 2 heterocycles. The lowest BCUT2D eigenvalue weighted by atomic mass is 9.87. The number of aromatic nitrogens is 1. The van der Waals surface area contributed by atoms with Gasteiger partial charge in [0.15, 0.2) is 0 Å². The second-order valence-electron chi connectivity index (χ2n) is 5.18. The van der Waals surface area contributed by atoms with Gasteiger partial charge in [-0.1, -0.05) is 13.0 Å². The second-order valence-corrected chi connectivity index (χ2v) is 5.18. The van der Waals surface area contributed by atoms with Gasteiger partial charge in [0.2, 0.25) is 0 Å². The molecule has 4 nitrogen and oxygen atoms in total. The van der Waals surface area contributed by atoms with Gasteiger partial charge < -0.3 is 10.6 Å². The second kappa shape index (κ2) is 5.48. The molecule has 0 spiro atoms. The first-order chi connectivity index (χ1) is 8.61. The molecule has 1 aliphatic rings. The first-order valence-corrected chi connectivity index (χ1v) is 6.55. The lowest BCUT2D eigenvalue weighted by Gasteiger charge is -2.36. The van der Waals surface area contributed by atoms with Gasteiger partial charge in [-0.15, -0.1) is 0 Å². The number of rotatable bonds is 2. The first-order valence-electron chi connectivity index (χ1n) is 6.55. The minimum atomic E-state index is 0.0315. The molecule has 1 aromatic heterocycles. The van der Waals surface area contributed by atoms with Gasteiger partial charge in [0.05, 0.1) is 0 Å². The Hall–Kier alpha value is -1.42. The maximum absolute atomic E-state index is 12.3. The maximum atomic E-state index is 12.3. The van der Waals surface area contributed by atoms with Crippen LogP contribution in [0.15, 0.2) is 18.2 Å². The van der Waals surface area contributed by atoms with Crippen molar-refractivity contribution < 1.29 is 4.79 Å². The Labute approximate surface area is 108 Å². The zero-order valence-electron chi connectivity index (χ0n) is 11.1. The summed E-state index contributed by atoms with van der Waals surface area (Å²) in [6.45, 7) is 6.33. The molecule has 2 unspecified atom stereocenters. The Kier molecular flexibility index (Phi) is 3.97. The van der Waals surface area contributed by atoms with Crippen LogP contribution < -0.4 is 5.73 Å². The van der Waals surface area contributed by atoms with Crippen LogP contribution >= 0.6 is 0 Å². The highest BCUT2D eigenvalue weighted by molar-refractivity contribution is 5.92. The van der Waals surface area contributed by atoms with E-state index in [1.54, 1.807) is 6.07 Å². The first kappa shape index (κ1) is 13.0. The fourth-order valence-corrected chi connectivity index (χ4v) is 2.46. The quantitative estimate of drug-likeness (QED) is 0.860. The Bertz CT molecular complexity index is 433. The van der Waals surface area contributed by atoms with Crippen LogP contribution in [0.3, 0.4) is 0 Å². The number of likely N-dealkylation sites (tertiary alicyclic amines) is 1. The van der Waals surface area contributed by atoms with Crippen molar-refractivity contribution in [2.45, 2.75) is 20.3 Å². The maximum Gasteiger partial charge on any atom is 0.272 e. The molecule has 1 aromatic rings. The number of hydrogen-bond acceptors (Lipinski definition) is 3. The van der Waals surface area contributed by atoms with Gasteiger partial charge in [0, 0.05) is 18.8 Å². The van der Waals surface area contributed by atoms with Crippen LogP contribution in [0.1, 0.15) is 29.5 Å². The summed E-state index contributed by atoms with van der Waals surface area (Å²) in [5, 5.41) is 0. The van der Waals surface area contributed by atoms with E-state index in [-0.39, 0.29) is 5.91 Å². The zero-order valence-corrected chi connectivity index (χ0v) is 11.1. The minimum Gasteiger partial charge on any atom is -0.337 e. The van der Waals surface area contributed by atoms with Crippen molar-refractivity contribution in [1.29, 1.82) is 0 Å². The molecule has 0 aliphatic carbocycles. The van der Waals surface area contributed by atoms with Crippen LogP contribution in [-0.2, 0) is 0 Å². The van der Waals surface area contributed by atoms with Crippen LogP contribution in [0.4, 0.5) is 0 Å². The van der Waals surface area contributed by atoms with E-state index in [1.807, 2.05) is 24.0 Å². The van der Waals surface area contributed by atoms with Crippen molar-refractivity contribution in [1.82, 2.24) is 9.88 Å². The molecule has 1 saturated heterocycles. The lowest BCUT2D eigenvalue weighted by molar-refractivity contribution is 0.0612. The number of hydrogen-bond donors (Lipinski definition) is 1. The molecule has 1 fully saturated rings. The van der Waals surface area contributed by atoms with Gasteiger partial charge in [-0.3, -0.25) is 4.79 Å². The van der Waals surface area contributed by atoms with Crippen molar-refractivity contribution in [3.63, 3.8) is 0 Å². The van der Waals surface area contributed by atoms with Gasteiger partial charge in [0.1, 0.15) is 5.69 Å². The number of pyridine rings is 1.